The highest BCUT2D eigenvalue weighted by Crippen LogP contribution is 2.33. The van der Waals surface area contributed by atoms with Gasteiger partial charge in [0.1, 0.15) is 5.56 Å². The Morgan fingerprint density at radius 1 is 1.71 bits per heavy atom. The molecule has 0 aliphatic rings. The fourth-order valence-electron chi connectivity index (χ4n) is 1.02. The second-order valence-corrected chi connectivity index (χ2v) is 2.88. The SMILES string of the molecule is COc1c(Cl)cc(N)c(F)c1C(=O)O. The topological polar surface area (TPSA) is 72.5 Å². The molecule has 0 unspecified atom stereocenters. The maximum atomic E-state index is 13.2. The van der Waals surface area contributed by atoms with E-state index in [1.54, 1.807) is 0 Å². The molecule has 3 N–H and O–H groups in total. The number of carboxylic acids is 1. The first-order chi connectivity index (χ1) is 6.49. The summed E-state index contributed by atoms with van der Waals surface area (Å²) in [6, 6.07) is 1.10. The second-order valence-electron chi connectivity index (χ2n) is 2.48. The first-order valence-electron chi connectivity index (χ1n) is 3.53. The summed E-state index contributed by atoms with van der Waals surface area (Å²) in [6.45, 7) is 0. The fraction of sp³-hybridized carbons (Fsp3) is 0.125. The van der Waals surface area contributed by atoms with Crippen LogP contribution in [0.4, 0.5) is 10.1 Å². The van der Waals surface area contributed by atoms with Crippen LogP contribution in [-0.4, -0.2) is 18.2 Å². The molecule has 0 fully saturated rings. The average molecular weight is 220 g/mol. The quantitative estimate of drug-likeness (QED) is 0.744. The van der Waals surface area contributed by atoms with Gasteiger partial charge in [-0.15, -0.1) is 0 Å². The van der Waals surface area contributed by atoms with Gasteiger partial charge in [-0.1, -0.05) is 11.6 Å². The Morgan fingerprint density at radius 3 is 2.71 bits per heavy atom. The number of nitrogens with two attached hydrogens (primary N) is 1. The number of hydrogen-bond donors (Lipinski definition) is 2. The van der Waals surface area contributed by atoms with Crippen molar-refractivity contribution in [1.29, 1.82) is 0 Å². The van der Waals surface area contributed by atoms with Crippen molar-refractivity contribution in [3.63, 3.8) is 0 Å². The van der Waals surface area contributed by atoms with Crippen molar-refractivity contribution in [3.8, 4) is 5.75 Å². The number of hydrogen-bond acceptors (Lipinski definition) is 3. The second kappa shape index (κ2) is 3.71. The molecule has 1 aromatic rings. The summed E-state index contributed by atoms with van der Waals surface area (Å²) in [4.78, 5) is 10.7. The van der Waals surface area contributed by atoms with E-state index >= 15 is 0 Å². The Kier molecular flexibility index (Phi) is 2.81. The number of ether oxygens (including phenoxy) is 1. The monoisotopic (exact) mass is 219 g/mol. The molecule has 0 aliphatic carbocycles. The lowest BCUT2D eigenvalue weighted by Crippen LogP contribution is -2.07. The zero-order valence-electron chi connectivity index (χ0n) is 7.17. The summed E-state index contributed by atoms with van der Waals surface area (Å²) in [6.07, 6.45) is 0. The zero-order valence-corrected chi connectivity index (χ0v) is 7.93. The Morgan fingerprint density at radius 2 is 2.29 bits per heavy atom. The predicted molar refractivity (Wildman–Crippen MR) is 49.3 cm³/mol. The minimum absolute atomic E-state index is 0.0381. The number of anilines is 1. The molecule has 6 heteroatoms. The van der Waals surface area contributed by atoms with E-state index in [-0.39, 0.29) is 16.5 Å². The van der Waals surface area contributed by atoms with Gasteiger partial charge in [0.15, 0.2) is 11.6 Å². The normalized spacial score (nSPS) is 9.93. The molecule has 0 aliphatic heterocycles. The third-order valence-electron chi connectivity index (χ3n) is 1.62. The molecule has 0 heterocycles. The van der Waals surface area contributed by atoms with Crippen LogP contribution in [0.3, 0.4) is 0 Å². The van der Waals surface area contributed by atoms with Gasteiger partial charge in [0.25, 0.3) is 0 Å². The van der Waals surface area contributed by atoms with Crippen LogP contribution in [-0.2, 0) is 0 Å². The summed E-state index contributed by atoms with van der Waals surface area (Å²) in [5.74, 6) is -2.75. The van der Waals surface area contributed by atoms with E-state index in [0.717, 1.165) is 6.07 Å². The van der Waals surface area contributed by atoms with E-state index in [1.807, 2.05) is 0 Å². The molecule has 1 rings (SSSR count). The van der Waals surface area contributed by atoms with E-state index in [4.69, 9.17) is 22.4 Å². The molecule has 0 saturated heterocycles. The average Bonchev–Trinajstić information content (AvgIpc) is 2.10. The van der Waals surface area contributed by atoms with E-state index < -0.39 is 17.3 Å². The minimum atomic E-state index is -1.48. The molecule has 0 amide bonds. The van der Waals surface area contributed by atoms with E-state index in [2.05, 4.69) is 4.74 Å². The maximum Gasteiger partial charge on any atom is 0.342 e. The molecule has 0 atom stereocenters. The van der Waals surface area contributed by atoms with Crippen LogP contribution < -0.4 is 10.5 Å². The van der Waals surface area contributed by atoms with Crippen LogP contribution in [0.5, 0.6) is 5.75 Å². The first kappa shape index (κ1) is 10.6. The van der Waals surface area contributed by atoms with Gasteiger partial charge < -0.3 is 15.6 Å². The minimum Gasteiger partial charge on any atom is -0.494 e. The van der Waals surface area contributed by atoms with E-state index in [0.29, 0.717) is 0 Å². The molecule has 0 radical (unpaired) electrons. The number of carbonyl (C=O) groups is 1. The number of carboxylic acid groups (broad SMARTS) is 1. The number of methoxy groups -OCH3 is 1. The fourth-order valence-corrected chi connectivity index (χ4v) is 1.31. The summed E-state index contributed by atoms with van der Waals surface area (Å²) in [5.41, 5.74) is 4.22. The number of halogens is 2. The number of benzene rings is 1. The zero-order chi connectivity index (χ0) is 10.9. The Bertz CT molecular complexity index is 395. The number of aromatic carboxylic acids is 1. The number of rotatable bonds is 2. The van der Waals surface area contributed by atoms with Gasteiger partial charge in [0, 0.05) is 0 Å². The van der Waals surface area contributed by atoms with E-state index in [1.165, 1.54) is 7.11 Å². The van der Waals surface area contributed by atoms with Crippen molar-refractivity contribution in [2.75, 3.05) is 12.8 Å². The third kappa shape index (κ3) is 1.58. The lowest BCUT2D eigenvalue weighted by Gasteiger charge is -2.09. The number of nitrogen functional groups attached to an aromatic ring is 1. The van der Waals surface area contributed by atoms with Crippen molar-refractivity contribution in [2.45, 2.75) is 0 Å². The highest BCUT2D eigenvalue weighted by atomic mass is 35.5. The first-order valence-corrected chi connectivity index (χ1v) is 3.91. The predicted octanol–water partition coefficient (Wildman–Crippen LogP) is 1.77. The molecule has 0 saturated carbocycles. The molecule has 0 spiro atoms. The molecular formula is C8H7ClFNO3. The van der Waals surface area contributed by atoms with Crippen molar-refractivity contribution < 1.29 is 19.0 Å². The van der Waals surface area contributed by atoms with Crippen LogP contribution >= 0.6 is 11.6 Å². The molecule has 76 valence electrons. The van der Waals surface area contributed by atoms with Crippen LogP contribution in [0.15, 0.2) is 6.07 Å². The molecule has 14 heavy (non-hydrogen) atoms. The van der Waals surface area contributed by atoms with Gasteiger partial charge >= 0.3 is 5.97 Å². The highest BCUT2D eigenvalue weighted by Gasteiger charge is 2.22. The van der Waals surface area contributed by atoms with Gasteiger partial charge in [0.05, 0.1) is 17.8 Å². The third-order valence-corrected chi connectivity index (χ3v) is 1.90. The van der Waals surface area contributed by atoms with Crippen LogP contribution in [0.2, 0.25) is 5.02 Å². The molecule has 4 nitrogen and oxygen atoms in total. The van der Waals surface area contributed by atoms with E-state index in [9.17, 15) is 9.18 Å². The van der Waals surface area contributed by atoms with Gasteiger partial charge in [-0.05, 0) is 6.07 Å². The summed E-state index contributed by atoms with van der Waals surface area (Å²) in [7, 11) is 1.20. The van der Waals surface area contributed by atoms with Gasteiger partial charge in [-0.25, -0.2) is 9.18 Å². The smallest absolute Gasteiger partial charge is 0.342 e. The Labute approximate surface area is 84.0 Å². The molecule has 1 aromatic carbocycles. The Balaban J connectivity index is 3.56. The lowest BCUT2D eigenvalue weighted by atomic mass is 10.1. The van der Waals surface area contributed by atoms with Crippen molar-refractivity contribution in [3.05, 3.63) is 22.5 Å². The standard InChI is InChI=1S/C8H7ClFNO3/c1-14-7-3(9)2-4(11)6(10)5(7)8(12)13/h2H,11H2,1H3,(H,12,13). The molecule has 0 bridgehead atoms. The molecule has 0 aromatic heterocycles. The summed E-state index contributed by atoms with van der Waals surface area (Å²) in [5, 5.41) is 8.65. The van der Waals surface area contributed by atoms with Gasteiger partial charge in [-0.3, -0.25) is 0 Å². The van der Waals surface area contributed by atoms with Crippen molar-refractivity contribution >= 4 is 23.3 Å². The Hall–Kier alpha value is -1.49. The van der Waals surface area contributed by atoms with Crippen molar-refractivity contribution in [1.82, 2.24) is 0 Å². The van der Waals surface area contributed by atoms with Crippen LogP contribution in [0.25, 0.3) is 0 Å². The van der Waals surface area contributed by atoms with Crippen LogP contribution in [0.1, 0.15) is 10.4 Å². The largest absolute Gasteiger partial charge is 0.494 e. The van der Waals surface area contributed by atoms with Gasteiger partial charge in [0.2, 0.25) is 0 Å². The van der Waals surface area contributed by atoms with Crippen molar-refractivity contribution in [2.24, 2.45) is 0 Å². The van der Waals surface area contributed by atoms with Gasteiger partial charge in [-0.2, -0.15) is 0 Å². The maximum absolute atomic E-state index is 13.2. The van der Waals surface area contributed by atoms with Crippen LogP contribution in [0, 0.1) is 5.82 Å². The highest BCUT2D eigenvalue weighted by molar-refractivity contribution is 6.33. The lowest BCUT2D eigenvalue weighted by molar-refractivity contribution is 0.0688. The summed E-state index contributed by atoms with van der Waals surface area (Å²) < 4.78 is 17.9. The molecular weight excluding hydrogens is 213 g/mol. The summed E-state index contributed by atoms with van der Waals surface area (Å²) >= 11 is 5.62.